The van der Waals surface area contributed by atoms with Crippen LogP contribution in [0.5, 0.6) is 0 Å². The van der Waals surface area contributed by atoms with Gasteiger partial charge in [0.1, 0.15) is 0 Å². The molecule has 5 nitrogen and oxygen atoms in total. The summed E-state index contributed by atoms with van der Waals surface area (Å²) in [7, 11) is -3.82. The van der Waals surface area contributed by atoms with Crippen molar-refractivity contribution in [1.29, 1.82) is 0 Å². The highest BCUT2D eigenvalue weighted by molar-refractivity contribution is 7.93. The zero-order chi connectivity index (χ0) is 21.9. The third kappa shape index (κ3) is 4.66. The van der Waals surface area contributed by atoms with Crippen LogP contribution < -0.4 is 5.32 Å². The molecule has 2 fully saturated rings. The molecule has 0 atom stereocenters. The van der Waals surface area contributed by atoms with Crippen molar-refractivity contribution in [1.82, 2.24) is 10.2 Å². The summed E-state index contributed by atoms with van der Waals surface area (Å²) in [5.41, 5.74) is 2.23. The molecule has 1 aliphatic carbocycles. The minimum absolute atomic E-state index is 0.153. The summed E-state index contributed by atoms with van der Waals surface area (Å²) in [5.74, 6) is -0.402. The summed E-state index contributed by atoms with van der Waals surface area (Å²) in [6.45, 7) is 3.58. The highest BCUT2D eigenvalue weighted by Crippen LogP contribution is 2.41. The summed E-state index contributed by atoms with van der Waals surface area (Å²) in [5, 5.41) is 3.38. The number of likely N-dealkylation sites (tertiary alicyclic amines) is 1. The van der Waals surface area contributed by atoms with Crippen LogP contribution in [0.15, 0.2) is 53.4 Å². The zero-order valence-electron chi connectivity index (χ0n) is 17.6. The molecular formula is C24H29ClN2O3S. The Kier molecular flexibility index (Phi) is 6.70. The van der Waals surface area contributed by atoms with E-state index in [4.69, 9.17) is 11.6 Å². The molecule has 1 saturated carbocycles. The molecule has 0 unspecified atom stereocenters. The lowest BCUT2D eigenvalue weighted by Gasteiger charge is -2.27. The first kappa shape index (κ1) is 22.3. The van der Waals surface area contributed by atoms with Gasteiger partial charge in [0.25, 0.3) is 0 Å². The molecule has 1 saturated heterocycles. The number of benzene rings is 2. The normalized spacial score (nSPS) is 18.9. The summed E-state index contributed by atoms with van der Waals surface area (Å²) in [4.78, 5) is 15.8. The number of sulfone groups is 1. The Morgan fingerprint density at radius 2 is 1.48 bits per heavy atom. The van der Waals surface area contributed by atoms with Crippen LogP contribution in [-0.4, -0.2) is 37.1 Å². The number of amides is 1. The molecule has 0 radical (unpaired) electrons. The van der Waals surface area contributed by atoms with Gasteiger partial charge >= 0.3 is 0 Å². The van der Waals surface area contributed by atoms with Gasteiger partial charge in [-0.15, -0.1) is 0 Å². The van der Waals surface area contributed by atoms with E-state index >= 15 is 0 Å². The fourth-order valence-electron chi connectivity index (χ4n) is 4.71. The maximum Gasteiger partial charge on any atom is 0.242 e. The van der Waals surface area contributed by atoms with Gasteiger partial charge in [-0.25, -0.2) is 8.42 Å². The fourth-order valence-corrected chi connectivity index (χ4v) is 6.92. The van der Waals surface area contributed by atoms with Crippen molar-refractivity contribution in [3.05, 3.63) is 64.7 Å². The number of halogens is 1. The number of hydrogen-bond acceptors (Lipinski definition) is 4. The van der Waals surface area contributed by atoms with E-state index in [-0.39, 0.29) is 4.90 Å². The quantitative estimate of drug-likeness (QED) is 0.667. The molecule has 7 heteroatoms. The predicted molar refractivity (Wildman–Crippen MR) is 123 cm³/mol. The van der Waals surface area contributed by atoms with Crippen molar-refractivity contribution in [2.24, 2.45) is 0 Å². The van der Waals surface area contributed by atoms with Crippen LogP contribution in [0.25, 0.3) is 0 Å². The zero-order valence-corrected chi connectivity index (χ0v) is 19.2. The molecule has 2 aromatic carbocycles. The topological polar surface area (TPSA) is 66.5 Å². The van der Waals surface area contributed by atoms with Crippen molar-refractivity contribution in [2.45, 2.75) is 61.3 Å². The van der Waals surface area contributed by atoms with Gasteiger partial charge in [0, 0.05) is 18.1 Å². The van der Waals surface area contributed by atoms with E-state index in [1.165, 1.54) is 30.5 Å². The van der Waals surface area contributed by atoms with Crippen LogP contribution in [0.4, 0.5) is 0 Å². The number of carbonyl (C=O) groups excluding carboxylic acids is 1. The molecule has 2 aliphatic rings. The molecule has 0 spiro atoms. The Morgan fingerprint density at radius 1 is 0.903 bits per heavy atom. The first-order chi connectivity index (χ1) is 14.9. The molecule has 0 aromatic heterocycles. The van der Waals surface area contributed by atoms with Crippen LogP contribution in [0, 0.1) is 0 Å². The van der Waals surface area contributed by atoms with E-state index < -0.39 is 20.5 Å². The summed E-state index contributed by atoms with van der Waals surface area (Å²) in [6, 6.07) is 14.3. The Morgan fingerprint density at radius 3 is 2.10 bits per heavy atom. The number of carbonyl (C=O) groups is 1. The lowest BCUT2D eigenvalue weighted by atomic mass is 10.1. The molecular weight excluding hydrogens is 432 g/mol. The van der Waals surface area contributed by atoms with Gasteiger partial charge in [0.15, 0.2) is 14.6 Å². The lowest BCUT2D eigenvalue weighted by molar-refractivity contribution is -0.123. The van der Waals surface area contributed by atoms with Crippen LogP contribution in [-0.2, 0) is 27.7 Å². The molecule has 4 rings (SSSR count). The molecule has 1 amide bonds. The molecule has 0 bridgehead atoms. The summed E-state index contributed by atoms with van der Waals surface area (Å²) in [6.07, 6.45) is 4.68. The molecule has 31 heavy (non-hydrogen) atoms. The number of hydrogen-bond donors (Lipinski definition) is 1. The second-order valence-electron chi connectivity index (χ2n) is 8.64. The smallest absolute Gasteiger partial charge is 0.242 e. The molecule has 1 heterocycles. The van der Waals surface area contributed by atoms with Crippen molar-refractivity contribution in [2.75, 3.05) is 13.1 Å². The van der Waals surface area contributed by atoms with Gasteiger partial charge in [-0.2, -0.15) is 0 Å². The van der Waals surface area contributed by atoms with E-state index in [0.29, 0.717) is 24.4 Å². The van der Waals surface area contributed by atoms with E-state index in [1.807, 2.05) is 12.1 Å². The highest BCUT2D eigenvalue weighted by Gasteiger charge is 2.52. The molecule has 1 N–H and O–H groups in total. The fraction of sp³-hybridized carbons (Fsp3) is 0.458. The Balaban J connectivity index is 1.45. The third-order valence-corrected chi connectivity index (χ3v) is 9.31. The number of nitrogens with zero attached hydrogens (tertiary/aromatic N) is 1. The first-order valence-corrected chi connectivity index (χ1v) is 12.9. The average molecular weight is 461 g/mol. The molecule has 1 aliphatic heterocycles. The van der Waals surface area contributed by atoms with Crippen LogP contribution in [0.2, 0.25) is 5.02 Å². The second kappa shape index (κ2) is 9.31. The van der Waals surface area contributed by atoms with E-state index in [2.05, 4.69) is 22.3 Å². The SMILES string of the molecule is O=C(NCc1ccc(CN2CCCC2)cc1)C1(S(=O)(=O)c2ccc(Cl)cc2)CCCC1. The Labute approximate surface area is 189 Å². The van der Waals surface area contributed by atoms with Crippen molar-refractivity contribution in [3.8, 4) is 0 Å². The minimum atomic E-state index is -3.82. The largest absolute Gasteiger partial charge is 0.351 e. The maximum atomic E-state index is 13.4. The van der Waals surface area contributed by atoms with Crippen LogP contribution >= 0.6 is 11.6 Å². The second-order valence-corrected chi connectivity index (χ2v) is 11.3. The summed E-state index contributed by atoms with van der Waals surface area (Å²) < 4.78 is 25.4. The summed E-state index contributed by atoms with van der Waals surface area (Å²) >= 11 is 5.92. The molecule has 166 valence electrons. The van der Waals surface area contributed by atoms with Gasteiger partial charge < -0.3 is 5.32 Å². The third-order valence-electron chi connectivity index (χ3n) is 6.54. The standard InChI is InChI=1S/C24H29ClN2O3S/c25-21-9-11-22(12-10-21)31(29,30)24(13-1-2-14-24)23(28)26-17-19-5-7-20(8-6-19)18-27-15-3-4-16-27/h5-12H,1-4,13-18H2,(H,26,28). The van der Waals surface area contributed by atoms with E-state index in [0.717, 1.165) is 38.0 Å². The van der Waals surface area contributed by atoms with Gasteiger partial charge in [-0.3, -0.25) is 9.69 Å². The first-order valence-electron chi connectivity index (χ1n) is 11.0. The number of nitrogens with one attached hydrogen (secondary N) is 1. The Bertz CT molecular complexity index is 1010. The maximum absolute atomic E-state index is 13.4. The van der Waals surface area contributed by atoms with Crippen LogP contribution in [0.1, 0.15) is 49.7 Å². The van der Waals surface area contributed by atoms with Crippen LogP contribution in [0.3, 0.4) is 0 Å². The monoisotopic (exact) mass is 460 g/mol. The molecule has 2 aromatic rings. The van der Waals surface area contributed by atoms with E-state index in [9.17, 15) is 13.2 Å². The van der Waals surface area contributed by atoms with Crippen molar-refractivity contribution in [3.63, 3.8) is 0 Å². The van der Waals surface area contributed by atoms with Crippen molar-refractivity contribution >= 4 is 27.3 Å². The van der Waals surface area contributed by atoms with E-state index in [1.54, 1.807) is 12.1 Å². The minimum Gasteiger partial charge on any atom is -0.351 e. The average Bonchev–Trinajstić information content (AvgIpc) is 3.46. The predicted octanol–water partition coefficient (Wildman–Crippen LogP) is 4.34. The van der Waals surface area contributed by atoms with Crippen molar-refractivity contribution < 1.29 is 13.2 Å². The van der Waals surface area contributed by atoms with Gasteiger partial charge in [0.05, 0.1) is 4.90 Å². The lowest BCUT2D eigenvalue weighted by Crippen LogP contribution is -2.50. The van der Waals surface area contributed by atoms with Gasteiger partial charge in [-0.1, -0.05) is 48.7 Å². The highest BCUT2D eigenvalue weighted by atomic mass is 35.5. The Hall–Kier alpha value is -1.89. The van der Waals surface area contributed by atoms with Gasteiger partial charge in [-0.05, 0) is 74.2 Å². The number of rotatable bonds is 7. The van der Waals surface area contributed by atoms with Gasteiger partial charge in [0.2, 0.25) is 5.91 Å².